The van der Waals surface area contributed by atoms with Crippen molar-refractivity contribution in [1.29, 1.82) is 0 Å². The summed E-state index contributed by atoms with van der Waals surface area (Å²) in [5.74, 6) is 1.82. The molecular weight excluding hydrogens is 445 g/mol. The van der Waals surface area contributed by atoms with Crippen molar-refractivity contribution in [3.8, 4) is 5.75 Å². The molecule has 0 radical (unpaired) electrons. The number of hydrogen-bond acceptors (Lipinski definition) is 4. The molecule has 3 rings (SSSR count). The van der Waals surface area contributed by atoms with Crippen LogP contribution < -0.4 is 10.1 Å². The molecule has 1 N–H and O–H groups in total. The van der Waals surface area contributed by atoms with Gasteiger partial charge in [0, 0.05) is 38.9 Å². The van der Waals surface area contributed by atoms with Crippen molar-refractivity contribution in [3.05, 3.63) is 29.8 Å². The maximum absolute atomic E-state index is 5.93. The van der Waals surface area contributed by atoms with E-state index in [0.717, 1.165) is 49.8 Å². The lowest BCUT2D eigenvalue weighted by atomic mass is 10.1. The third-order valence-corrected chi connectivity index (χ3v) is 4.69. The van der Waals surface area contributed by atoms with Gasteiger partial charge in [-0.15, -0.1) is 24.0 Å². The van der Waals surface area contributed by atoms with E-state index in [1.54, 1.807) is 0 Å². The minimum absolute atomic E-state index is 0. The second-order valence-electron chi connectivity index (χ2n) is 6.35. The van der Waals surface area contributed by atoms with E-state index >= 15 is 0 Å². The van der Waals surface area contributed by atoms with Crippen LogP contribution in [0, 0.1) is 0 Å². The fraction of sp³-hybridized carbons (Fsp3) is 0.632. The van der Waals surface area contributed by atoms with Crippen LogP contribution in [0.5, 0.6) is 5.75 Å². The molecule has 0 aromatic heterocycles. The van der Waals surface area contributed by atoms with E-state index in [4.69, 9.17) is 14.2 Å². The predicted molar refractivity (Wildman–Crippen MR) is 114 cm³/mol. The highest BCUT2D eigenvalue weighted by molar-refractivity contribution is 14.0. The molecule has 0 spiro atoms. The average molecular weight is 475 g/mol. The molecule has 2 fully saturated rings. The van der Waals surface area contributed by atoms with E-state index < -0.39 is 0 Å². The van der Waals surface area contributed by atoms with Crippen molar-refractivity contribution < 1.29 is 14.2 Å². The monoisotopic (exact) mass is 475 g/mol. The number of halogens is 1. The topological polar surface area (TPSA) is 55.3 Å². The number of rotatable bonds is 5. The van der Waals surface area contributed by atoms with Crippen LogP contribution in [-0.4, -0.2) is 63.0 Å². The molecule has 0 bridgehead atoms. The highest BCUT2D eigenvalue weighted by atomic mass is 127. The summed E-state index contributed by atoms with van der Waals surface area (Å²) in [5.41, 5.74) is 1.13. The number of nitrogens with zero attached hydrogens (tertiary/aromatic N) is 2. The van der Waals surface area contributed by atoms with Gasteiger partial charge in [-0.25, -0.2) is 0 Å². The van der Waals surface area contributed by atoms with E-state index in [1.807, 2.05) is 32.2 Å². The Kier molecular flexibility index (Phi) is 8.94. The summed E-state index contributed by atoms with van der Waals surface area (Å²) in [6, 6.07) is 8.12. The summed E-state index contributed by atoms with van der Waals surface area (Å²) in [6.07, 6.45) is 2.57. The van der Waals surface area contributed by atoms with Gasteiger partial charge in [-0.3, -0.25) is 4.99 Å². The van der Waals surface area contributed by atoms with Gasteiger partial charge in [-0.05, 0) is 25.8 Å². The summed E-state index contributed by atoms with van der Waals surface area (Å²) >= 11 is 0. The van der Waals surface area contributed by atoms with E-state index in [2.05, 4.69) is 21.3 Å². The number of benzene rings is 1. The second kappa shape index (κ2) is 10.9. The molecule has 146 valence electrons. The Hall–Kier alpha value is -1.06. The normalized spacial score (nSPS) is 23.5. The highest BCUT2D eigenvalue weighted by Crippen LogP contribution is 2.21. The van der Waals surface area contributed by atoms with Crippen molar-refractivity contribution in [2.75, 3.05) is 40.0 Å². The van der Waals surface area contributed by atoms with Crippen LogP contribution in [0.1, 0.15) is 25.3 Å². The molecule has 2 aliphatic rings. The van der Waals surface area contributed by atoms with Gasteiger partial charge in [-0.2, -0.15) is 0 Å². The van der Waals surface area contributed by atoms with Gasteiger partial charge in [0.2, 0.25) is 0 Å². The number of hydrogen-bond donors (Lipinski definition) is 1. The standard InChI is InChI=1S/C19H29N3O3.HI/c1-3-23-16-8-5-4-7-15(16)13-21-19(20-2)22-10-12-25-18(14-22)17-9-6-11-24-17;/h4-5,7-8,17-18H,3,6,9-14H2,1-2H3,(H,20,21);1H. The molecule has 26 heavy (non-hydrogen) atoms. The lowest BCUT2D eigenvalue weighted by molar-refractivity contribution is -0.0817. The predicted octanol–water partition coefficient (Wildman–Crippen LogP) is 2.66. The van der Waals surface area contributed by atoms with E-state index in [0.29, 0.717) is 19.8 Å². The van der Waals surface area contributed by atoms with Gasteiger partial charge in [0.1, 0.15) is 11.9 Å². The molecular formula is C19H30IN3O3. The smallest absolute Gasteiger partial charge is 0.194 e. The van der Waals surface area contributed by atoms with Crippen molar-refractivity contribution in [3.63, 3.8) is 0 Å². The van der Waals surface area contributed by atoms with Crippen LogP contribution >= 0.6 is 24.0 Å². The molecule has 0 aliphatic carbocycles. The Morgan fingerprint density at radius 2 is 2.08 bits per heavy atom. The molecule has 1 aromatic carbocycles. The Morgan fingerprint density at radius 1 is 1.27 bits per heavy atom. The third-order valence-electron chi connectivity index (χ3n) is 4.69. The molecule has 2 unspecified atom stereocenters. The minimum Gasteiger partial charge on any atom is -0.494 e. The number of aliphatic imine (C=N–C) groups is 1. The summed E-state index contributed by atoms with van der Waals surface area (Å²) in [5, 5.41) is 3.46. The van der Waals surface area contributed by atoms with Crippen molar-refractivity contribution in [2.45, 2.75) is 38.5 Å². The summed E-state index contributed by atoms with van der Waals surface area (Å²) in [6.45, 7) is 6.57. The molecule has 2 atom stereocenters. The van der Waals surface area contributed by atoms with Gasteiger partial charge >= 0.3 is 0 Å². The second-order valence-corrected chi connectivity index (χ2v) is 6.35. The van der Waals surface area contributed by atoms with Gasteiger partial charge in [0.05, 0.1) is 19.3 Å². The third kappa shape index (κ3) is 5.47. The van der Waals surface area contributed by atoms with Gasteiger partial charge in [0.15, 0.2) is 5.96 Å². The van der Waals surface area contributed by atoms with Gasteiger partial charge in [-0.1, -0.05) is 18.2 Å². The van der Waals surface area contributed by atoms with Crippen LogP contribution in [0.15, 0.2) is 29.3 Å². The molecule has 0 amide bonds. The number of morpholine rings is 1. The number of para-hydroxylation sites is 1. The van der Waals surface area contributed by atoms with Crippen LogP contribution in [-0.2, 0) is 16.0 Å². The fourth-order valence-corrected chi connectivity index (χ4v) is 3.44. The number of nitrogens with one attached hydrogen (secondary N) is 1. The Balaban J connectivity index is 0.00000243. The van der Waals surface area contributed by atoms with Crippen molar-refractivity contribution >= 4 is 29.9 Å². The van der Waals surface area contributed by atoms with Crippen LogP contribution in [0.4, 0.5) is 0 Å². The Bertz CT molecular complexity index is 579. The number of guanidine groups is 1. The summed E-state index contributed by atoms with van der Waals surface area (Å²) in [4.78, 5) is 6.72. The first-order valence-electron chi connectivity index (χ1n) is 9.21. The molecule has 0 saturated carbocycles. The van der Waals surface area contributed by atoms with E-state index in [9.17, 15) is 0 Å². The maximum Gasteiger partial charge on any atom is 0.194 e. The first-order valence-corrected chi connectivity index (χ1v) is 9.21. The minimum atomic E-state index is 0. The van der Waals surface area contributed by atoms with Gasteiger partial charge < -0.3 is 24.4 Å². The van der Waals surface area contributed by atoms with Crippen LogP contribution in [0.25, 0.3) is 0 Å². The first kappa shape index (κ1) is 21.2. The fourth-order valence-electron chi connectivity index (χ4n) is 3.44. The average Bonchev–Trinajstić information content (AvgIpc) is 3.19. The lowest BCUT2D eigenvalue weighted by Crippen LogP contribution is -2.53. The molecule has 2 heterocycles. The zero-order valence-electron chi connectivity index (χ0n) is 15.6. The van der Waals surface area contributed by atoms with Crippen LogP contribution in [0.3, 0.4) is 0 Å². The quantitative estimate of drug-likeness (QED) is 0.403. The maximum atomic E-state index is 5.93. The summed E-state index contributed by atoms with van der Waals surface area (Å²) < 4.78 is 17.4. The highest BCUT2D eigenvalue weighted by Gasteiger charge is 2.32. The largest absolute Gasteiger partial charge is 0.494 e. The Labute approximate surface area is 173 Å². The molecule has 6 nitrogen and oxygen atoms in total. The Morgan fingerprint density at radius 3 is 2.81 bits per heavy atom. The zero-order valence-corrected chi connectivity index (χ0v) is 18.0. The molecule has 2 aliphatic heterocycles. The van der Waals surface area contributed by atoms with Gasteiger partial charge in [0.25, 0.3) is 0 Å². The van der Waals surface area contributed by atoms with Crippen molar-refractivity contribution in [2.24, 2.45) is 4.99 Å². The summed E-state index contributed by atoms with van der Waals surface area (Å²) in [7, 11) is 1.83. The van der Waals surface area contributed by atoms with E-state index in [1.165, 1.54) is 0 Å². The molecule has 1 aromatic rings. The van der Waals surface area contributed by atoms with Crippen molar-refractivity contribution in [1.82, 2.24) is 10.2 Å². The SMILES string of the molecule is CCOc1ccccc1CNC(=NC)N1CCOC(C2CCCO2)C1.I. The molecule has 7 heteroatoms. The van der Waals surface area contributed by atoms with E-state index in [-0.39, 0.29) is 36.2 Å². The number of ether oxygens (including phenoxy) is 3. The van der Waals surface area contributed by atoms with Crippen LogP contribution in [0.2, 0.25) is 0 Å². The first-order chi connectivity index (χ1) is 12.3. The molecule has 2 saturated heterocycles. The lowest BCUT2D eigenvalue weighted by Gasteiger charge is -2.37. The zero-order chi connectivity index (χ0) is 17.5.